The smallest absolute Gasteiger partial charge is 0.393 e. The first-order valence-corrected chi connectivity index (χ1v) is 7.18. The summed E-state index contributed by atoms with van der Waals surface area (Å²) in [7, 11) is -10.3. The molecule has 0 radical (unpaired) electrons. The summed E-state index contributed by atoms with van der Waals surface area (Å²) in [5.74, 6) is 0. The van der Waals surface area contributed by atoms with Gasteiger partial charge in [-0.2, -0.15) is 4.31 Å². The molecule has 0 aromatic heterocycles. The molecule has 0 aliphatic carbocycles. The Balaban J connectivity index is 4.38. The molecule has 0 aromatic rings. The zero-order valence-corrected chi connectivity index (χ0v) is 10.5. The van der Waals surface area contributed by atoms with Crippen LogP contribution in [0.4, 0.5) is 0 Å². The second-order valence-corrected chi connectivity index (χ2v) is 6.20. The van der Waals surface area contributed by atoms with Crippen LogP contribution in [0.25, 0.3) is 0 Å². The molecule has 1 unspecified atom stereocenters. The lowest BCUT2D eigenvalue weighted by atomic mass is 10.0. The largest absolute Gasteiger partial charge is 0.481 e. The summed E-state index contributed by atoms with van der Waals surface area (Å²) in [4.78, 5) is 25.3. The maximum absolute atomic E-state index is 10.9. The first-order valence-electron chi connectivity index (χ1n) is 4.15. The summed E-state index contributed by atoms with van der Waals surface area (Å²) in [5, 5.41) is 27.1. The molecular weight excluding hydrogens is 282 g/mol. The van der Waals surface area contributed by atoms with Crippen LogP contribution in [-0.2, 0) is 18.0 Å². The van der Waals surface area contributed by atoms with E-state index in [9.17, 15) is 19.3 Å². The van der Waals surface area contributed by atoms with Crippen molar-refractivity contribution in [2.45, 2.75) is 18.6 Å². The van der Waals surface area contributed by atoms with Crippen LogP contribution in [0.15, 0.2) is 0 Å². The molecule has 0 amide bonds. The van der Waals surface area contributed by atoms with Gasteiger partial charge in [0, 0.05) is 0 Å². The highest BCUT2D eigenvalue weighted by molar-refractivity contribution is 7.60. The Morgan fingerprint density at radius 1 is 1.29 bits per heavy atom. The first kappa shape index (κ1) is 17.1. The fraction of sp³-hybridized carbons (Fsp3) is 1.00. The highest BCUT2D eigenvalue weighted by Crippen LogP contribution is 2.57. The van der Waals surface area contributed by atoms with E-state index in [4.69, 9.17) is 19.8 Å². The standard InChI is InChI=1S/C5H14O10P2/c1-5(8,3-6)4(7)2-14-17(12,13)15-16(9,10)11/h4,6-8H,2-3H2,1H3,(H,12,13)(H2,9,10,11)/t4-,5+/m1/s1. The molecule has 6 N–H and O–H groups in total. The predicted molar refractivity (Wildman–Crippen MR) is 52.6 cm³/mol. The van der Waals surface area contributed by atoms with Gasteiger partial charge < -0.3 is 30.0 Å². The molecule has 0 aromatic carbocycles. The molecule has 3 atom stereocenters. The second kappa shape index (κ2) is 5.85. The zero-order valence-electron chi connectivity index (χ0n) is 8.70. The van der Waals surface area contributed by atoms with Crippen molar-refractivity contribution >= 4 is 15.6 Å². The zero-order chi connectivity index (χ0) is 13.9. The SMILES string of the molecule is C[C@](O)(CO)[C@H](O)COP(=O)(O)OP(=O)(O)O. The summed E-state index contributed by atoms with van der Waals surface area (Å²) < 4.78 is 28.6. The van der Waals surface area contributed by atoms with Crippen LogP contribution in [0.1, 0.15) is 6.92 Å². The number of hydrogen-bond donors (Lipinski definition) is 6. The first-order chi connectivity index (χ1) is 7.40. The van der Waals surface area contributed by atoms with E-state index in [1.807, 2.05) is 0 Å². The Kier molecular flexibility index (Phi) is 5.90. The van der Waals surface area contributed by atoms with Crippen molar-refractivity contribution in [3.05, 3.63) is 0 Å². The van der Waals surface area contributed by atoms with Gasteiger partial charge in [0.1, 0.15) is 11.7 Å². The van der Waals surface area contributed by atoms with Crippen molar-refractivity contribution in [1.82, 2.24) is 0 Å². The van der Waals surface area contributed by atoms with Gasteiger partial charge in [-0.3, -0.25) is 4.52 Å². The summed E-state index contributed by atoms with van der Waals surface area (Å²) in [6.45, 7) is -0.804. The van der Waals surface area contributed by atoms with Crippen molar-refractivity contribution in [2.75, 3.05) is 13.2 Å². The van der Waals surface area contributed by atoms with E-state index in [-0.39, 0.29) is 0 Å². The summed E-state index contributed by atoms with van der Waals surface area (Å²) >= 11 is 0. The molecule has 0 rings (SSSR count). The lowest BCUT2D eigenvalue weighted by Gasteiger charge is -2.26. The van der Waals surface area contributed by atoms with Gasteiger partial charge in [0.25, 0.3) is 0 Å². The number of phosphoric ester groups is 1. The van der Waals surface area contributed by atoms with Crippen molar-refractivity contribution in [3.8, 4) is 0 Å². The minimum Gasteiger partial charge on any atom is -0.393 e. The van der Waals surface area contributed by atoms with Gasteiger partial charge >= 0.3 is 15.6 Å². The molecule has 0 spiro atoms. The number of phosphoric acid groups is 2. The molecule has 0 saturated carbocycles. The number of aliphatic hydroxyl groups excluding tert-OH is 2. The number of hydrogen-bond acceptors (Lipinski definition) is 7. The van der Waals surface area contributed by atoms with Crippen LogP contribution in [0.2, 0.25) is 0 Å². The van der Waals surface area contributed by atoms with E-state index in [0.717, 1.165) is 6.92 Å². The maximum atomic E-state index is 10.9. The third kappa shape index (κ3) is 7.22. The van der Waals surface area contributed by atoms with E-state index in [1.54, 1.807) is 0 Å². The maximum Gasteiger partial charge on any atom is 0.481 e. The van der Waals surface area contributed by atoms with Gasteiger partial charge in [-0.05, 0) is 6.92 Å². The molecule has 0 heterocycles. The lowest BCUT2D eigenvalue weighted by Crippen LogP contribution is -2.45. The minimum absolute atomic E-state index is 0.855. The molecule has 104 valence electrons. The van der Waals surface area contributed by atoms with Crippen molar-refractivity contribution < 1.29 is 48.0 Å². The van der Waals surface area contributed by atoms with E-state index in [1.165, 1.54) is 0 Å². The predicted octanol–water partition coefficient (Wildman–Crippen LogP) is -1.68. The quantitative estimate of drug-likeness (QED) is 0.297. The Labute approximate surface area is 96.3 Å². The fourth-order valence-electron chi connectivity index (χ4n) is 0.608. The van der Waals surface area contributed by atoms with Crippen LogP contribution < -0.4 is 0 Å². The molecule has 12 heteroatoms. The van der Waals surface area contributed by atoms with Gasteiger partial charge in [-0.1, -0.05) is 0 Å². The molecule has 0 saturated heterocycles. The number of rotatable bonds is 7. The lowest BCUT2D eigenvalue weighted by molar-refractivity contribution is -0.107. The van der Waals surface area contributed by atoms with Gasteiger partial charge in [-0.25, -0.2) is 9.13 Å². The van der Waals surface area contributed by atoms with Crippen molar-refractivity contribution in [3.63, 3.8) is 0 Å². The van der Waals surface area contributed by atoms with E-state index >= 15 is 0 Å². The topological polar surface area (TPSA) is 174 Å². The van der Waals surface area contributed by atoms with Crippen LogP contribution in [0.3, 0.4) is 0 Å². The average molecular weight is 296 g/mol. The Hall–Kier alpha value is 0.140. The van der Waals surface area contributed by atoms with Gasteiger partial charge in [-0.15, -0.1) is 0 Å². The Morgan fingerprint density at radius 3 is 2.12 bits per heavy atom. The van der Waals surface area contributed by atoms with E-state index < -0.39 is 40.6 Å². The average Bonchev–Trinajstić information content (AvgIpc) is 2.10. The van der Waals surface area contributed by atoms with Crippen molar-refractivity contribution in [1.29, 1.82) is 0 Å². The molecular formula is C5H14O10P2. The third-order valence-electron chi connectivity index (χ3n) is 1.64. The van der Waals surface area contributed by atoms with Crippen LogP contribution in [0.5, 0.6) is 0 Å². The van der Waals surface area contributed by atoms with Gasteiger partial charge in [0.05, 0.1) is 13.2 Å². The monoisotopic (exact) mass is 296 g/mol. The normalized spacial score (nSPS) is 21.6. The van der Waals surface area contributed by atoms with Crippen LogP contribution in [-0.4, -0.2) is 54.9 Å². The van der Waals surface area contributed by atoms with E-state index in [2.05, 4.69) is 8.83 Å². The molecule has 0 fully saturated rings. The molecule has 17 heavy (non-hydrogen) atoms. The Morgan fingerprint density at radius 2 is 1.76 bits per heavy atom. The molecule has 0 aliphatic heterocycles. The summed E-state index contributed by atoms with van der Waals surface area (Å²) in [6.07, 6.45) is -1.76. The highest BCUT2D eigenvalue weighted by atomic mass is 31.3. The van der Waals surface area contributed by atoms with E-state index in [0.29, 0.717) is 0 Å². The van der Waals surface area contributed by atoms with Gasteiger partial charge in [0.15, 0.2) is 0 Å². The van der Waals surface area contributed by atoms with Gasteiger partial charge in [0.2, 0.25) is 0 Å². The minimum atomic E-state index is -5.23. The second-order valence-electron chi connectivity index (χ2n) is 3.37. The molecule has 0 bridgehead atoms. The molecule has 0 aliphatic rings. The molecule has 10 nitrogen and oxygen atoms in total. The van der Waals surface area contributed by atoms with Crippen molar-refractivity contribution in [2.24, 2.45) is 0 Å². The van der Waals surface area contributed by atoms with Crippen LogP contribution >= 0.6 is 15.6 Å². The Bertz CT molecular complexity index is 334. The third-order valence-corrected chi connectivity index (χ3v) is 3.79. The summed E-state index contributed by atoms with van der Waals surface area (Å²) in [6, 6.07) is 0. The fourth-order valence-corrected chi connectivity index (χ4v) is 2.20. The summed E-state index contributed by atoms with van der Waals surface area (Å²) in [5.41, 5.74) is -2.00. The number of aliphatic hydroxyl groups is 3. The highest BCUT2D eigenvalue weighted by Gasteiger charge is 2.36. The van der Waals surface area contributed by atoms with Crippen LogP contribution in [0, 0.1) is 0 Å².